The minimum atomic E-state index is 0.114. The van der Waals surface area contributed by atoms with Gasteiger partial charge in [-0.2, -0.15) is 5.10 Å². The number of hydrogen-bond acceptors (Lipinski definition) is 3. The van der Waals surface area contributed by atoms with Crippen LogP contribution in [0.1, 0.15) is 54.7 Å². The molecule has 0 aliphatic heterocycles. The van der Waals surface area contributed by atoms with Gasteiger partial charge in [0.15, 0.2) is 5.78 Å². The Labute approximate surface area is 129 Å². The van der Waals surface area contributed by atoms with E-state index in [4.69, 9.17) is 5.10 Å². The maximum absolute atomic E-state index is 11.4. The Kier molecular flexibility index (Phi) is 4.44. The highest BCUT2D eigenvalue weighted by Crippen LogP contribution is 2.29. The molecule has 0 saturated heterocycles. The summed E-state index contributed by atoms with van der Waals surface area (Å²) in [5, 5.41) is 4.69. The minimum absolute atomic E-state index is 0.114. The molecule has 1 saturated carbocycles. The van der Waals surface area contributed by atoms with E-state index in [0.717, 1.165) is 21.9 Å². The van der Waals surface area contributed by atoms with Crippen LogP contribution in [0, 0.1) is 0 Å². The molecule has 2 aromatic rings. The van der Waals surface area contributed by atoms with Crippen LogP contribution in [0.25, 0.3) is 0 Å². The van der Waals surface area contributed by atoms with Crippen molar-refractivity contribution in [3.8, 4) is 0 Å². The molecule has 0 bridgehead atoms. The molecule has 0 N–H and O–H groups in total. The summed E-state index contributed by atoms with van der Waals surface area (Å²) in [6.07, 6.45) is 7.28. The number of nitrogens with zero attached hydrogens (tertiary/aromatic N) is 2. The summed E-state index contributed by atoms with van der Waals surface area (Å²) in [7, 11) is 0. The molecule has 0 amide bonds. The molecule has 1 heterocycles. The fourth-order valence-corrected chi connectivity index (χ4v) is 3.64. The van der Waals surface area contributed by atoms with Crippen molar-refractivity contribution in [3.05, 3.63) is 47.8 Å². The Morgan fingerprint density at radius 2 is 2.14 bits per heavy atom. The molecule has 110 valence electrons. The number of rotatable bonds is 5. The van der Waals surface area contributed by atoms with Gasteiger partial charge in [-0.25, -0.2) is 0 Å². The summed E-state index contributed by atoms with van der Waals surface area (Å²) >= 11 is 1.73. The van der Waals surface area contributed by atoms with Crippen molar-refractivity contribution in [2.45, 2.75) is 49.3 Å². The second-order valence-electron chi connectivity index (χ2n) is 5.60. The second kappa shape index (κ2) is 6.48. The van der Waals surface area contributed by atoms with Crippen molar-refractivity contribution < 1.29 is 4.79 Å². The number of carbonyl (C=O) groups excluding carboxylic acids is 1. The van der Waals surface area contributed by atoms with Gasteiger partial charge >= 0.3 is 0 Å². The molecule has 4 heteroatoms. The van der Waals surface area contributed by atoms with E-state index in [9.17, 15) is 4.79 Å². The summed E-state index contributed by atoms with van der Waals surface area (Å²) in [6.45, 7) is 1.60. The molecule has 21 heavy (non-hydrogen) atoms. The highest BCUT2D eigenvalue weighted by Gasteiger charge is 2.17. The highest BCUT2D eigenvalue weighted by molar-refractivity contribution is 7.98. The lowest BCUT2D eigenvalue weighted by molar-refractivity contribution is 0.101. The van der Waals surface area contributed by atoms with Gasteiger partial charge in [-0.05, 0) is 38.0 Å². The van der Waals surface area contributed by atoms with E-state index in [1.807, 2.05) is 24.3 Å². The van der Waals surface area contributed by atoms with Crippen molar-refractivity contribution in [1.29, 1.82) is 0 Å². The van der Waals surface area contributed by atoms with Crippen LogP contribution in [0.4, 0.5) is 0 Å². The number of ketones is 1. The van der Waals surface area contributed by atoms with Gasteiger partial charge in [-0.1, -0.05) is 25.0 Å². The third-order valence-corrected chi connectivity index (χ3v) is 5.02. The molecule has 0 atom stereocenters. The molecule has 1 aliphatic carbocycles. The van der Waals surface area contributed by atoms with E-state index >= 15 is 0 Å². The molecule has 0 unspecified atom stereocenters. The zero-order chi connectivity index (χ0) is 14.7. The van der Waals surface area contributed by atoms with Crippen LogP contribution < -0.4 is 0 Å². The van der Waals surface area contributed by atoms with Gasteiger partial charge in [-0.3, -0.25) is 9.48 Å². The molecule has 0 radical (unpaired) electrons. The molecule has 1 aromatic carbocycles. The molecule has 1 fully saturated rings. The van der Waals surface area contributed by atoms with Crippen molar-refractivity contribution in [3.63, 3.8) is 0 Å². The molecular weight excluding hydrogens is 280 g/mol. The minimum Gasteiger partial charge on any atom is -0.295 e. The number of benzene rings is 1. The molecular formula is C17H20N2OS. The molecule has 1 aromatic heterocycles. The molecule has 1 aliphatic rings. The monoisotopic (exact) mass is 300 g/mol. The molecule has 3 nitrogen and oxygen atoms in total. The zero-order valence-corrected chi connectivity index (χ0v) is 13.1. The maximum atomic E-state index is 11.4. The summed E-state index contributed by atoms with van der Waals surface area (Å²) < 4.78 is 2.13. The van der Waals surface area contributed by atoms with Gasteiger partial charge in [0, 0.05) is 22.4 Å². The number of thioether (sulfide) groups is 1. The Morgan fingerprint density at radius 1 is 1.33 bits per heavy atom. The van der Waals surface area contributed by atoms with Gasteiger partial charge < -0.3 is 0 Å². The van der Waals surface area contributed by atoms with Gasteiger partial charge in [0.25, 0.3) is 0 Å². The van der Waals surface area contributed by atoms with Gasteiger partial charge in [-0.15, -0.1) is 11.8 Å². The first kappa shape index (κ1) is 14.4. The number of hydrogen-bond donors (Lipinski definition) is 0. The van der Waals surface area contributed by atoms with Crippen molar-refractivity contribution in [1.82, 2.24) is 9.78 Å². The lowest BCUT2D eigenvalue weighted by Crippen LogP contribution is -2.05. The van der Waals surface area contributed by atoms with E-state index in [2.05, 4.69) is 16.9 Å². The smallest absolute Gasteiger partial charge is 0.159 e. The van der Waals surface area contributed by atoms with Gasteiger partial charge in [0.1, 0.15) is 0 Å². The average Bonchev–Trinajstić information content (AvgIpc) is 3.16. The van der Waals surface area contributed by atoms with E-state index in [1.54, 1.807) is 18.7 Å². The van der Waals surface area contributed by atoms with Crippen molar-refractivity contribution in [2.24, 2.45) is 0 Å². The third kappa shape index (κ3) is 3.56. The van der Waals surface area contributed by atoms with E-state index in [-0.39, 0.29) is 5.78 Å². The zero-order valence-electron chi connectivity index (χ0n) is 12.3. The van der Waals surface area contributed by atoms with Crippen LogP contribution >= 0.6 is 11.8 Å². The van der Waals surface area contributed by atoms with Crippen LogP contribution in [0.15, 0.2) is 41.4 Å². The van der Waals surface area contributed by atoms with Crippen LogP contribution in [0.5, 0.6) is 0 Å². The largest absolute Gasteiger partial charge is 0.295 e. The predicted molar refractivity (Wildman–Crippen MR) is 85.7 cm³/mol. The third-order valence-electron chi connectivity index (χ3n) is 3.99. The standard InChI is InChI=1S/C17H20N2OS/c1-13(20)14-5-4-8-17(11-14)21-12-15-9-10-19(18-15)16-6-2-3-7-16/h4-5,8-11,16H,2-3,6-7,12H2,1H3. The van der Waals surface area contributed by atoms with Crippen LogP contribution in [-0.2, 0) is 5.75 Å². The van der Waals surface area contributed by atoms with Crippen molar-refractivity contribution >= 4 is 17.5 Å². The van der Waals surface area contributed by atoms with Crippen molar-refractivity contribution in [2.75, 3.05) is 0 Å². The Bertz CT molecular complexity index is 629. The van der Waals surface area contributed by atoms with Gasteiger partial charge in [0.05, 0.1) is 11.7 Å². The first-order valence-electron chi connectivity index (χ1n) is 7.50. The summed E-state index contributed by atoms with van der Waals surface area (Å²) in [6, 6.07) is 10.5. The fourth-order valence-electron chi connectivity index (χ4n) is 2.79. The summed E-state index contributed by atoms with van der Waals surface area (Å²) in [4.78, 5) is 12.5. The Balaban J connectivity index is 1.62. The second-order valence-corrected chi connectivity index (χ2v) is 6.65. The van der Waals surface area contributed by atoms with E-state index in [0.29, 0.717) is 6.04 Å². The lowest BCUT2D eigenvalue weighted by Gasteiger charge is -2.08. The van der Waals surface area contributed by atoms with E-state index < -0.39 is 0 Å². The van der Waals surface area contributed by atoms with E-state index in [1.165, 1.54) is 25.7 Å². The maximum Gasteiger partial charge on any atom is 0.159 e. The normalized spacial score (nSPS) is 15.5. The summed E-state index contributed by atoms with van der Waals surface area (Å²) in [5.74, 6) is 0.962. The number of carbonyl (C=O) groups is 1. The van der Waals surface area contributed by atoms with Crippen LogP contribution in [0.3, 0.4) is 0 Å². The first-order valence-corrected chi connectivity index (χ1v) is 8.49. The first-order chi connectivity index (χ1) is 10.2. The quantitative estimate of drug-likeness (QED) is 0.602. The predicted octanol–water partition coefficient (Wildman–Crippen LogP) is 4.49. The van der Waals surface area contributed by atoms with Crippen LogP contribution in [0.2, 0.25) is 0 Å². The topological polar surface area (TPSA) is 34.9 Å². The van der Waals surface area contributed by atoms with Crippen LogP contribution in [-0.4, -0.2) is 15.6 Å². The highest BCUT2D eigenvalue weighted by atomic mass is 32.2. The fraction of sp³-hybridized carbons (Fsp3) is 0.412. The summed E-state index contributed by atoms with van der Waals surface area (Å²) in [5.41, 5.74) is 1.89. The number of aromatic nitrogens is 2. The molecule has 3 rings (SSSR count). The van der Waals surface area contributed by atoms with Gasteiger partial charge in [0.2, 0.25) is 0 Å². The average molecular weight is 300 g/mol. The Hall–Kier alpha value is -1.55. The lowest BCUT2D eigenvalue weighted by atomic mass is 10.2. The number of Topliss-reactive ketones (excluding diaryl/α,β-unsaturated/α-hetero) is 1. The Morgan fingerprint density at radius 3 is 2.90 bits per heavy atom. The SMILES string of the molecule is CC(=O)c1cccc(SCc2ccn(C3CCCC3)n2)c1. The molecule has 0 spiro atoms.